The van der Waals surface area contributed by atoms with Gasteiger partial charge in [0.25, 0.3) is 0 Å². The van der Waals surface area contributed by atoms with Crippen LogP contribution in [0.25, 0.3) is 11.3 Å². The molecule has 2 aromatic heterocycles. The smallest absolute Gasteiger partial charge is 0.226 e. The lowest BCUT2D eigenvalue weighted by Crippen LogP contribution is -2.38. The van der Waals surface area contributed by atoms with Crippen LogP contribution in [-0.4, -0.2) is 67.8 Å². The van der Waals surface area contributed by atoms with Gasteiger partial charge >= 0.3 is 0 Å². The van der Waals surface area contributed by atoms with Gasteiger partial charge in [0.15, 0.2) is 0 Å². The number of nitrogens with two attached hydrogens (primary N) is 1. The van der Waals surface area contributed by atoms with E-state index in [0.29, 0.717) is 23.8 Å². The van der Waals surface area contributed by atoms with Crippen LogP contribution in [0, 0.1) is 17.8 Å². The van der Waals surface area contributed by atoms with Gasteiger partial charge in [-0.25, -0.2) is 19.9 Å². The SMILES string of the molecule is CC(C)(O)CN1CC2C(c3cc(-c4cnc(N)nc4)nc(N4CC5CC4C5)n3)[C@H]2C1. The molecule has 2 unspecified atom stereocenters. The summed E-state index contributed by atoms with van der Waals surface area (Å²) in [6, 6.07) is 2.73. The Morgan fingerprint density at radius 3 is 2.40 bits per heavy atom. The van der Waals surface area contributed by atoms with Crippen molar-refractivity contribution in [2.24, 2.45) is 17.8 Å². The summed E-state index contributed by atoms with van der Waals surface area (Å²) in [4.78, 5) is 23.1. The molecule has 5 heterocycles. The Morgan fingerprint density at radius 2 is 1.80 bits per heavy atom. The van der Waals surface area contributed by atoms with E-state index in [4.69, 9.17) is 15.7 Å². The maximum atomic E-state index is 10.1. The molecule has 0 aromatic carbocycles. The number of β-amino-alcohol motifs (C(OH)–C–C–N with tert-alkyl or cyclic N) is 1. The molecular formula is C22H29N7O. The van der Waals surface area contributed by atoms with Crippen LogP contribution in [0.5, 0.6) is 0 Å². The van der Waals surface area contributed by atoms with E-state index in [0.717, 1.165) is 55.0 Å². The molecule has 5 aliphatic rings. The molecule has 2 aliphatic carbocycles. The number of likely N-dealkylation sites (tertiary alicyclic amines) is 1. The zero-order valence-electron chi connectivity index (χ0n) is 17.6. The Labute approximate surface area is 176 Å². The van der Waals surface area contributed by atoms with Gasteiger partial charge in [-0.05, 0) is 50.5 Å². The molecule has 7 rings (SSSR count). The zero-order chi connectivity index (χ0) is 20.6. The van der Waals surface area contributed by atoms with Crippen LogP contribution in [0.1, 0.15) is 38.3 Å². The molecule has 0 spiro atoms. The van der Waals surface area contributed by atoms with Crippen LogP contribution in [0.2, 0.25) is 0 Å². The third kappa shape index (κ3) is 3.13. The maximum absolute atomic E-state index is 10.1. The summed E-state index contributed by atoms with van der Waals surface area (Å²) in [7, 11) is 0. The largest absolute Gasteiger partial charge is 0.389 e. The Balaban J connectivity index is 1.29. The predicted molar refractivity (Wildman–Crippen MR) is 114 cm³/mol. The number of hydrogen-bond donors (Lipinski definition) is 2. The van der Waals surface area contributed by atoms with Crippen molar-refractivity contribution in [2.75, 3.05) is 36.8 Å². The van der Waals surface area contributed by atoms with E-state index >= 15 is 0 Å². The molecule has 8 nitrogen and oxygen atoms in total. The lowest BCUT2D eigenvalue weighted by molar-refractivity contribution is 0.0398. The summed E-state index contributed by atoms with van der Waals surface area (Å²) >= 11 is 0. The minimum Gasteiger partial charge on any atom is -0.389 e. The molecule has 30 heavy (non-hydrogen) atoms. The van der Waals surface area contributed by atoms with Crippen LogP contribution in [0.15, 0.2) is 18.5 Å². The summed E-state index contributed by atoms with van der Waals surface area (Å²) in [6.45, 7) is 7.64. The van der Waals surface area contributed by atoms with E-state index in [1.807, 2.05) is 13.8 Å². The monoisotopic (exact) mass is 407 g/mol. The van der Waals surface area contributed by atoms with E-state index in [1.54, 1.807) is 12.4 Å². The van der Waals surface area contributed by atoms with Crippen LogP contribution >= 0.6 is 0 Å². The fraction of sp³-hybridized carbons (Fsp3) is 0.636. The van der Waals surface area contributed by atoms with Crippen molar-refractivity contribution >= 4 is 11.9 Å². The number of fused-ring (bicyclic) bond motifs is 2. The highest BCUT2D eigenvalue weighted by Crippen LogP contribution is 2.58. The summed E-state index contributed by atoms with van der Waals surface area (Å²) < 4.78 is 0. The van der Waals surface area contributed by atoms with Gasteiger partial charge in [-0.3, -0.25) is 4.90 Å². The van der Waals surface area contributed by atoms with Crippen molar-refractivity contribution in [3.63, 3.8) is 0 Å². The number of aliphatic hydroxyl groups is 1. The number of anilines is 2. The molecule has 0 radical (unpaired) electrons. The van der Waals surface area contributed by atoms with E-state index in [-0.39, 0.29) is 5.95 Å². The zero-order valence-corrected chi connectivity index (χ0v) is 17.6. The molecule has 8 heteroatoms. The van der Waals surface area contributed by atoms with Gasteiger partial charge in [0.2, 0.25) is 11.9 Å². The van der Waals surface area contributed by atoms with Crippen LogP contribution in [-0.2, 0) is 0 Å². The number of piperidine rings is 1. The fourth-order valence-corrected chi connectivity index (χ4v) is 5.88. The molecule has 158 valence electrons. The third-order valence-corrected chi connectivity index (χ3v) is 7.29. The summed E-state index contributed by atoms with van der Waals surface area (Å²) in [5.74, 6) is 3.67. The maximum Gasteiger partial charge on any atom is 0.226 e. The number of hydrogen-bond acceptors (Lipinski definition) is 8. The lowest BCUT2D eigenvalue weighted by atomic mass is 9.86. The highest BCUT2D eigenvalue weighted by molar-refractivity contribution is 5.61. The highest BCUT2D eigenvalue weighted by Gasteiger charge is 2.57. The topological polar surface area (TPSA) is 104 Å². The third-order valence-electron chi connectivity index (χ3n) is 7.29. The minimum absolute atomic E-state index is 0.275. The summed E-state index contributed by atoms with van der Waals surface area (Å²) in [5, 5.41) is 10.1. The van der Waals surface area contributed by atoms with Gasteiger partial charge in [-0.1, -0.05) is 0 Å². The van der Waals surface area contributed by atoms with Crippen LogP contribution < -0.4 is 10.6 Å². The molecule has 3 atom stereocenters. The molecule has 5 fully saturated rings. The molecule has 2 saturated carbocycles. The quantitative estimate of drug-likeness (QED) is 0.769. The first kappa shape index (κ1) is 18.4. The van der Waals surface area contributed by atoms with Crippen molar-refractivity contribution in [2.45, 2.75) is 44.2 Å². The average molecular weight is 408 g/mol. The molecule has 3 N–H and O–H groups in total. The first-order valence-corrected chi connectivity index (χ1v) is 11.0. The Hall–Kier alpha value is -2.32. The second-order valence-corrected chi connectivity index (χ2v) is 10.3. The summed E-state index contributed by atoms with van der Waals surface area (Å²) in [5.41, 5.74) is 7.95. The van der Waals surface area contributed by atoms with Crippen molar-refractivity contribution in [1.29, 1.82) is 0 Å². The number of aromatic nitrogens is 4. The van der Waals surface area contributed by atoms with Gasteiger partial charge < -0.3 is 15.7 Å². The van der Waals surface area contributed by atoms with E-state index < -0.39 is 5.60 Å². The Morgan fingerprint density at radius 1 is 1.10 bits per heavy atom. The van der Waals surface area contributed by atoms with Crippen molar-refractivity contribution in [1.82, 2.24) is 24.8 Å². The molecule has 2 bridgehead atoms. The van der Waals surface area contributed by atoms with E-state index in [2.05, 4.69) is 25.8 Å². The number of nitrogen functional groups attached to an aromatic ring is 1. The molecule has 3 saturated heterocycles. The first-order valence-electron chi connectivity index (χ1n) is 11.0. The highest BCUT2D eigenvalue weighted by atomic mass is 16.3. The standard InChI is InChI=1S/C22H29N7O/c1-22(2,30)11-28-9-15-16(10-28)19(15)18-5-17(13-6-24-20(23)25-7-13)26-21(27-18)29-8-12-3-14(29)4-12/h5-7,12,14-16,19,30H,3-4,8-11H2,1-2H3,(H2,23,24,25)/t12?,14?,15-,16?,19?/m0/s1. The van der Waals surface area contributed by atoms with E-state index in [1.165, 1.54) is 12.8 Å². The van der Waals surface area contributed by atoms with Gasteiger partial charge in [0.1, 0.15) is 0 Å². The lowest BCUT2D eigenvalue weighted by Gasteiger charge is -2.27. The molecular weight excluding hydrogens is 378 g/mol. The second-order valence-electron chi connectivity index (χ2n) is 10.3. The minimum atomic E-state index is -0.646. The van der Waals surface area contributed by atoms with Gasteiger partial charge in [-0.15, -0.1) is 0 Å². The van der Waals surface area contributed by atoms with Crippen molar-refractivity contribution in [3.8, 4) is 11.3 Å². The fourth-order valence-electron chi connectivity index (χ4n) is 5.88. The number of rotatable bonds is 5. The average Bonchev–Trinajstić information content (AvgIpc) is 3.06. The van der Waals surface area contributed by atoms with Gasteiger partial charge in [0, 0.05) is 56.1 Å². The van der Waals surface area contributed by atoms with Crippen molar-refractivity contribution < 1.29 is 5.11 Å². The Bertz CT molecular complexity index is 954. The number of nitrogens with zero attached hydrogens (tertiary/aromatic N) is 6. The predicted octanol–water partition coefficient (Wildman–Crippen LogP) is 1.53. The van der Waals surface area contributed by atoms with Crippen LogP contribution in [0.4, 0.5) is 11.9 Å². The molecule has 2 aromatic rings. The van der Waals surface area contributed by atoms with Gasteiger partial charge in [0.05, 0.1) is 17.0 Å². The second kappa shape index (κ2) is 6.34. The molecule has 3 aliphatic heterocycles. The Kier molecular flexibility index (Phi) is 3.90. The van der Waals surface area contributed by atoms with E-state index in [9.17, 15) is 5.11 Å². The van der Waals surface area contributed by atoms with Crippen molar-refractivity contribution in [3.05, 3.63) is 24.2 Å². The first-order chi connectivity index (χ1) is 14.3. The van der Waals surface area contributed by atoms with Gasteiger partial charge in [-0.2, -0.15) is 0 Å². The normalized spacial score (nSPS) is 32.2. The summed E-state index contributed by atoms with van der Waals surface area (Å²) in [6.07, 6.45) is 6.05. The van der Waals surface area contributed by atoms with Crippen LogP contribution in [0.3, 0.4) is 0 Å². The molecule has 0 amide bonds.